The number of anilines is 6. The van der Waals surface area contributed by atoms with Gasteiger partial charge in [-0.1, -0.05) is 19.9 Å². The van der Waals surface area contributed by atoms with E-state index < -0.39 is 0 Å². The molecule has 30 heteroatoms. The zero-order chi connectivity index (χ0) is 76.1. The molecule has 13 aromatic rings. The number of ether oxygens (including phenoxy) is 6. The predicted molar refractivity (Wildman–Crippen MR) is 413 cm³/mol. The van der Waals surface area contributed by atoms with Crippen LogP contribution in [0.1, 0.15) is 129 Å². The average Bonchev–Trinajstić information content (AvgIpc) is 1.64. The quantitative estimate of drug-likeness (QED) is 0.0323. The van der Waals surface area contributed by atoms with Gasteiger partial charge >= 0.3 is 0 Å². The van der Waals surface area contributed by atoms with Crippen molar-refractivity contribution in [1.82, 2.24) is 85.4 Å². The minimum atomic E-state index is -0.353. The lowest BCUT2D eigenvalue weighted by molar-refractivity contribution is 0.0916. The van der Waals surface area contributed by atoms with Crippen LogP contribution in [0.25, 0.3) is 77.8 Å². The van der Waals surface area contributed by atoms with Crippen molar-refractivity contribution in [3.05, 3.63) is 144 Å². The van der Waals surface area contributed by atoms with Gasteiger partial charge in [0.25, 0.3) is 17.7 Å². The fourth-order valence-corrected chi connectivity index (χ4v) is 12.9. The van der Waals surface area contributed by atoms with E-state index >= 15 is 0 Å². The van der Waals surface area contributed by atoms with E-state index in [2.05, 4.69) is 85.8 Å². The zero-order valence-electron chi connectivity index (χ0n) is 62.7. The van der Waals surface area contributed by atoms with Gasteiger partial charge in [0.1, 0.15) is 46.2 Å². The Morgan fingerprint density at radius 2 is 1.06 bits per heavy atom. The van der Waals surface area contributed by atoms with Crippen LogP contribution in [0.5, 0.6) is 29.1 Å². The second kappa shape index (κ2) is 31.6. The lowest BCUT2D eigenvalue weighted by atomic mass is 9.98. The number of hydrogen-bond donors (Lipinski definition) is 9. The number of nitrogens with zero attached hydrogens (tertiary/aromatic N) is 11. The van der Waals surface area contributed by atoms with E-state index in [1.807, 2.05) is 117 Å². The SMILES string of the molecule is CNC(=O)c1ccc(Nc2nc(OC(C)C)c3c(-c4ccnn4C)c[nH]c3n2)c(OC)c1.CNC(=O)c1ccc(Nc2nc(O[C@H]3CCOC3)c3c(-c4ccnn4C)c[nH]c3n2)c(C(C)C)c1.COc1cc(C(=O)NC(C)(C)C)ccc1Nc1nc(OC2CCCC2)c2c(-c3ccc4nc(C)oc4c3)c[nH]c2n1. The third-order valence-electron chi connectivity index (χ3n) is 18.1. The Balaban J connectivity index is 0.000000144. The molecule has 1 saturated carbocycles. The van der Waals surface area contributed by atoms with Crippen LogP contribution in [0.15, 0.2) is 120 Å². The minimum Gasteiger partial charge on any atom is -0.495 e. The van der Waals surface area contributed by atoms with Crippen LogP contribution < -0.4 is 55.6 Å². The number of amides is 3. The normalized spacial score (nSPS) is 13.7. The first-order valence-electron chi connectivity index (χ1n) is 35.7. The number of carbonyl (C=O) groups excluding carboxylic acids is 3. The summed E-state index contributed by atoms with van der Waals surface area (Å²) in [5, 5.41) is 29.0. The number of rotatable bonds is 21. The summed E-state index contributed by atoms with van der Waals surface area (Å²) in [4.78, 5) is 79.3. The van der Waals surface area contributed by atoms with Gasteiger partial charge in [0.2, 0.25) is 35.5 Å². The van der Waals surface area contributed by atoms with E-state index in [-0.39, 0.29) is 47.5 Å². The van der Waals surface area contributed by atoms with Gasteiger partial charge in [-0.25, -0.2) is 4.98 Å². The van der Waals surface area contributed by atoms with Crippen molar-refractivity contribution in [1.29, 1.82) is 0 Å². The maximum atomic E-state index is 12.7. The van der Waals surface area contributed by atoms with E-state index in [4.69, 9.17) is 52.8 Å². The summed E-state index contributed by atoms with van der Waals surface area (Å²) in [6, 6.07) is 25.7. The van der Waals surface area contributed by atoms with Crippen LogP contribution in [0.3, 0.4) is 0 Å². The molecule has 1 aliphatic heterocycles. The summed E-state index contributed by atoms with van der Waals surface area (Å²) < 4.78 is 44.8. The smallest absolute Gasteiger partial charge is 0.251 e. The van der Waals surface area contributed by atoms with E-state index in [9.17, 15) is 14.4 Å². The number of aryl methyl sites for hydroxylation is 3. The maximum absolute atomic E-state index is 12.7. The molecule has 0 unspecified atom stereocenters. The van der Waals surface area contributed by atoms with Gasteiger partial charge in [-0.2, -0.15) is 40.1 Å². The fraction of sp³-hybridized carbons (Fsp3) is 0.333. The van der Waals surface area contributed by atoms with E-state index in [0.29, 0.717) is 111 Å². The van der Waals surface area contributed by atoms with E-state index in [0.717, 1.165) is 104 Å². The summed E-state index contributed by atoms with van der Waals surface area (Å²) in [5.41, 5.74) is 13.3. The highest BCUT2D eigenvalue weighted by Crippen LogP contribution is 2.42. The lowest BCUT2D eigenvalue weighted by Gasteiger charge is -2.21. The molecule has 560 valence electrons. The van der Waals surface area contributed by atoms with Crippen LogP contribution in [0.4, 0.5) is 34.9 Å². The molecule has 1 aliphatic carbocycles. The number of fused-ring (bicyclic) bond motifs is 4. The number of H-pyrrole nitrogens is 3. The molecule has 3 amide bonds. The third kappa shape index (κ3) is 16.3. The summed E-state index contributed by atoms with van der Waals surface area (Å²) in [6.07, 6.45) is 14.2. The first-order valence-corrected chi connectivity index (χ1v) is 35.7. The van der Waals surface area contributed by atoms with Crippen molar-refractivity contribution < 1.29 is 47.2 Å². The maximum Gasteiger partial charge on any atom is 0.251 e. The molecular weight excluding hydrogens is 1380 g/mol. The summed E-state index contributed by atoms with van der Waals surface area (Å²) in [6.45, 7) is 16.9. The van der Waals surface area contributed by atoms with Crippen LogP contribution in [0.2, 0.25) is 0 Å². The molecule has 15 rings (SSSR count). The molecule has 10 heterocycles. The largest absolute Gasteiger partial charge is 0.495 e. The molecule has 1 atom stereocenters. The standard InChI is InChI=1S/C31H34N6O4.C25H29N7O3.C22H25N7O3/c1-17-33-23-12-10-18(14-25(23)40-17)21-16-32-27-26(21)29(41-20-8-6-7-9-20)36-30(35-27)34-22-13-11-19(15-24(22)39-5)28(38)37-31(2,3)4;1-14(2)17-11-15(23(33)26-3)5-6-19(17)29-25-30-22-21(24(31-25)35-16-8-10-34-13-16)18(12-27-22)20-7-9-28-32(20)4;1-12(2)32-21-18-14(16-8-9-25-29(16)4)11-24-19(18)27-22(28-21)26-15-7-6-13(20(30)23-3)10-17(15)31-5/h10-16,20H,6-9H2,1-5H3,(H,37,38)(H2,32,34,35,36);5-7,9,11-12,14,16H,8,10,13H2,1-4H3,(H,26,33)(H2,27,29,30,31);6-12H,1-5H3,(H,23,30)(H2,24,26,27,28)/t;16-;/m.0./s1. The number of methoxy groups -OCH3 is 2. The number of hydrogen-bond acceptors (Lipinski definition) is 22. The van der Waals surface area contributed by atoms with Crippen molar-refractivity contribution in [2.45, 2.75) is 117 Å². The third-order valence-corrected chi connectivity index (χ3v) is 18.1. The Morgan fingerprint density at radius 3 is 1.55 bits per heavy atom. The first-order chi connectivity index (χ1) is 52.0. The van der Waals surface area contributed by atoms with Gasteiger partial charge in [-0.15, -0.1) is 0 Å². The van der Waals surface area contributed by atoms with Crippen molar-refractivity contribution in [2.75, 3.05) is 57.5 Å². The van der Waals surface area contributed by atoms with Gasteiger partial charge in [0.15, 0.2) is 11.5 Å². The highest BCUT2D eigenvalue weighted by atomic mass is 16.6. The summed E-state index contributed by atoms with van der Waals surface area (Å²) in [5.74, 6) is 3.82. The predicted octanol–water partition coefficient (Wildman–Crippen LogP) is 13.7. The first kappa shape index (κ1) is 73.7. The zero-order valence-corrected chi connectivity index (χ0v) is 62.7. The van der Waals surface area contributed by atoms with E-state index in [1.165, 1.54) is 7.11 Å². The molecule has 0 spiro atoms. The molecule has 2 aliphatic rings. The van der Waals surface area contributed by atoms with Crippen LogP contribution in [-0.4, -0.2) is 153 Å². The van der Waals surface area contributed by atoms with Gasteiger partial charge in [0.05, 0.1) is 72.5 Å². The Morgan fingerprint density at radius 1 is 0.565 bits per heavy atom. The van der Waals surface area contributed by atoms with Crippen LogP contribution >= 0.6 is 0 Å². The highest BCUT2D eigenvalue weighted by Gasteiger charge is 2.28. The topological polar surface area (TPSA) is 365 Å². The molecular formula is C78H88N20O10. The van der Waals surface area contributed by atoms with Crippen LogP contribution in [-0.2, 0) is 18.8 Å². The van der Waals surface area contributed by atoms with Crippen LogP contribution in [0, 0.1) is 6.92 Å². The average molecular weight is 1470 g/mol. The second-order valence-electron chi connectivity index (χ2n) is 27.7. The molecule has 2 fully saturated rings. The van der Waals surface area contributed by atoms with Gasteiger partial charge in [-0.05, 0) is 156 Å². The van der Waals surface area contributed by atoms with Crippen molar-refractivity contribution in [2.24, 2.45) is 14.1 Å². The van der Waals surface area contributed by atoms with Gasteiger partial charge < -0.3 is 79.7 Å². The molecule has 108 heavy (non-hydrogen) atoms. The number of oxazole rings is 1. The van der Waals surface area contributed by atoms with E-state index in [1.54, 1.807) is 85.4 Å². The minimum absolute atomic E-state index is 0.0756. The molecule has 9 aromatic heterocycles. The van der Waals surface area contributed by atoms with Gasteiger partial charge in [0, 0.05) is 117 Å². The molecule has 4 aromatic carbocycles. The van der Waals surface area contributed by atoms with Gasteiger partial charge in [-0.3, -0.25) is 23.7 Å². The number of aromatic nitrogens is 14. The van der Waals surface area contributed by atoms with Crippen molar-refractivity contribution in [3.63, 3.8) is 0 Å². The summed E-state index contributed by atoms with van der Waals surface area (Å²) >= 11 is 0. The van der Waals surface area contributed by atoms with Crippen molar-refractivity contribution >= 4 is 96.8 Å². The Hall–Kier alpha value is -12.6. The Bertz CT molecular complexity index is 5440. The molecule has 30 nitrogen and oxygen atoms in total. The highest BCUT2D eigenvalue weighted by molar-refractivity contribution is 6.02. The number of benzene rings is 4. The molecule has 9 N–H and O–H groups in total. The second-order valence-corrected chi connectivity index (χ2v) is 27.7. The lowest BCUT2D eigenvalue weighted by Crippen LogP contribution is -2.40. The molecule has 0 bridgehead atoms. The monoisotopic (exact) mass is 1460 g/mol. The fourth-order valence-electron chi connectivity index (χ4n) is 12.9. The molecule has 0 radical (unpaired) electrons. The summed E-state index contributed by atoms with van der Waals surface area (Å²) in [7, 11) is 10.1. The Kier molecular flexibility index (Phi) is 21.6. The number of carbonyl (C=O) groups is 3. The number of aromatic amines is 3. The molecule has 1 saturated heterocycles. The number of nitrogens with one attached hydrogen (secondary N) is 9. The Labute approximate surface area is 622 Å². The van der Waals surface area contributed by atoms with Crippen molar-refractivity contribution in [3.8, 4) is 62.8 Å².